The number of hydrogen-bond acceptors (Lipinski definition) is 4. The van der Waals surface area contributed by atoms with Crippen molar-refractivity contribution in [3.63, 3.8) is 0 Å². The summed E-state index contributed by atoms with van der Waals surface area (Å²) in [4.78, 5) is 30.2. The van der Waals surface area contributed by atoms with Gasteiger partial charge in [-0.1, -0.05) is 6.58 Å². The number of likely N-dealkylation sites (N-methyl/N-ethyl adjacent to an activating group) is 1. The molecule has 1 atom stereocenters. The van der Waals surface area contributed by atoms with Crippen LogP contribution in [0.1, 0.15) is 29.5 Å². The van der Waals surface area contributed by atoms with Crippen LogP contribution in [-0.2, 0) is 15.8 Å². The Morgan fingerprint density at radius 1 is 1.54 bits per heavy atom. The fourth-order valence-electron chi connectivity index (χ4n) is 2.55. The first-order valence-electron chi connectivity index (χ1n) is 7.40. The van der Waals surface area contributed by atoms with Gasteiger partial charge in [0.1, 0.15) is 0 Å². The lowest BCUT2D eigenvalue weighted by Gasteiger charge is -2.32. The summed E-state index contributed by atoms with van der Waals surface area (Å²) in [5, 5.41) is 1.41. The summed E-state index contributed by atoms with van der Waals surface area (Å²) in [6, 6.07) is 0. The summed E-state index contributed by atoms with van der Waals surface area (Å²) in [5.74, 6) is -0.791. The lowest BCUT2D eigenvalue weighted by atomic mass is 9.98. The van der Waals surface area contributed by atoms with Gasteiger partial charge < -0.3 is 9.80 Å². The molecule has 1 aromatic heterocycles. The van der Waals surface area contributed by atoms with E-state index in [-0.39, 0.29) is 24.3 Å². The van der Waals surface area contributed by atoms with Crippen LogP contribution in [0, 0.1) is 0 Å². The monoisotopic (exact) mass is 361 g/mol. The largest absolute Gasteiger partial charge is 0.434 e. The van der Waals surface area contributed by atoms with Crippen molar-refractivity contribution in [1.82, 2.24) is 14.8 Å². The topological polar surface area (TPSA) is 53.5 Å². The third-order valence-corrected chi connectivity index (χ3v) is 4.87. The van der Waals surface area contributed by atoms with Crippen LogP contribution in [0.25, 0.3) is 0 Å². The van der Waals surface area contributed by atoms with Crippen LogP contribution in [-0.4, -0.2) is 53.3 Å². The van der Waals surface area contributed by atoms with Gasteiger partial charge in [0.2, 0.25) is 11.8 Å². The maximum Gasteiger partial charge on any atom is 0.434 e. The molecule has 2 heterocycles. The van der Waals surface area contributed by atoms with Crippen LogP contribution < -0.4 is 0 Å². The normalized spacial score (nSPS) is 18.3. The minimum atomic E-state index is -4.45. The number of rotatable bonds is 4. The van der Waals surface area contributed by atoms with E-state index in [9.17, 15) is 22.8 Å². The maximum atomic E-state index is 12.7. The Kier molecular flexibility index (Phi) is 5.63. The highest BCUT2D eigenvalue weighted by atomic mass is 32.1. The highest BCUT2D eigenvalue weighted by Crippen LogP contribution is 2.34. The fourth-order valence-corrected chi connectivity index (χ4v) is 3.50. The summed E-state index contributed by atoms with van der Waals surface area (Å²) in [7, 11) is 1.50. The number of halogens is 3. The lowest BCUT2D eigenvalue weighted by molar-refractivity contribution is -0.141. The molecule has 0 radical (unpaired) electrons. The zero-order valence-electron chi connectivity index (χ0n) is 13.2. The summed E-state index contributed by atoms with van der Waals surface area (Å²) >= 11 is 0.972. The van der Waals surface area contributed by atoms with E-state index in [0.29, 0.717) is 30.9 Å². The Balaban J connectivity index is 2.01. The van der Waals surface area contributed by atoms with Crippen molar-refractivity contribution in [1.29, 1.82) is 0 Å². The number of piperidine rings is 1. The average molecular weight is 361 g/mol. The average Bonchev–Trinajstić information content (AvgIpc) is 3.04. The molecule has 2 rings (SSSR count). The van der Waals surface area contributed by atoms with Crippen molar-refractivity contribution in [2.45, 2.75) is 24.9 Å². The van der Waals surface area contributed by atoms with Crippen LogP contribution in [0.3, 0.4) is 0 Å². The number of nitrogens with zero attached hydrogens (tertiary/aromatic N) is 3. The van der Waals surface area contributed by atoms with Gasteiger partial charge in [-0.3, -0.25) is 9.59 Å². The van der Waals surface area contributed by atoms with Crippen LogP contribution in [0.2, 0.25) is 0 Å². The number of hydrogen-bond donors (Lipinski definition) is 0. The Morgan fingerprint density at radius 2 is 2.25 bits per heavy atom. The third kappa shape index (κ3) is 4.34. The maximum absolute atomic E-state index is 12.7. The van der Waals surface area contributed by atoms with Gasteiger partial charge in [0.15, 0.2) is 5.69 Å². The van der Waals surface area contributed by atoms with Gasteiger partial charge in [0.25, 0.3) is 0 Å². The van der Waals surface area contributed by atoms with Crippen LogP contribution in [0.4, 0.5) is 13.2 Å². The molecule has 132 valence electrons. The molecule has 9 heteroatoms. The first kappa shape index (κ1) is 18.4. The number of carbonyl (C=O) groups excluding carboxylic acids is 2. The number of alkyl halides is 3. The molecule has 0 N–H and O–H groups in total. The molecular formula is C15H18F3N3O2S. The second-order valence-corrected chi connectivity index (χ2v) is 6.54. The molecule has 1 aliphatic rings. The van der Waals surface area contributed by atoms with Crippen molar-refractivity contribution in [3.8, 4) is 0 Å². The first-order chi connectivity index (χ1) is 11.2. The van der Waals surface area contributed by atoms with Crippen molar-refractivity contribution >= 4 is 23.2 Å². The van der Waals surface area contributed by atoms with Gasteiger partial charge in [0, 0.05) is 31.4 Å². The van der Waals surface area contributed by atoms with E-state index in [1.54, 1.807) is 4.90 Å². The zero-order chi connectivity index (χ0) is 17.9. The molecule has 1 aliphatic heterocycles. The minimum Gasteiger partial charge on any atom is -0.340 e. The molecular weight excluding hydrogens is 343 g/mol. The highest BCUT2D eigenvalue weighted by Gasteiger charge is 2.35. The van der Waals surface area contributed by atoms with Crippen molar-refractivity contribution in [2.24, 2.45) is 0 Å². The van der Waals surface area contributed by atoms with Gasteiger partial charge in [-0.25, -0.2) is 4.98 Å². The van der Waals surface area contributed by atoms with E-state index >= 15 is 0 Å². The molecule has 0 aromatic carbocycles. The number of amides is 2. The summed E-state index contributed by atoms with van der Waals surface area (Å²) in [5.41, 5.74) is -0.887. The quantitative estimate of drug-likeness (QED) is 0.775. The number of aromatic nitrogens is 1. The third-order valence-electron chi connectivity index (χ3n) is 3.86. The molecule has 5 nitrogen and oxygen atoms in total. The zero-order valence-corrected chi connectivity index (χ0v) is 14.0. The number of likely N-dealkylation sites (tertiary alicyclic amines) is 1. The highest BCUT2D eigenvalue weighted by molar-refractivity contribution is 7.09. The predicted molar refractivity (Wildman–Crippen MR) is 83.5 cm³/mol. The molecule has 0 saturated carbocycles. The van der Waals surface area contributed by atoms with E-state index in [4.69, 9.17) is 0 Å². The molecule has 1 fully saturated rings. The van der Waals surface area contributed by atoms with Gasteiger partial charge in [0.05, 0.1) is 11.6 Å². The van der Waals surface area contributed by atoms with E-state index in [1.807, 2.05) is 0 Å². The van der Waals surface area contributed by atoms with Crippen molar-refractivity contribution < 1.29 is 22.8 Å². The van der Waals surface area contributed by atoms with Gasteiger partial charge in [-0.15, -0.1) is 11.3 Å². The second-order valence-electron chi connectivity index (χ2n) is 5.65. The molecule has 2 amide bonds. The SMILES string of the molecule is C=CC(=O)N(C)CC(=O)N1CCCC(c2nc(C(F)(F)F)cs2)C1. The summed E-state index contributed by atoms with van der Waals surface area (Å²) < 4.78 is 38.0. The Bertz CT molecular complexity index is 630. The molecule has 0 aliphatic carbocycles. The number of carbonyl (C=O) groups is 2. The lowest BCUT2D eigenvalue weighted by Crippen LogP contribution is -2.44. The molecule has 1 saturated heterocycles. The molecule has 1 aromatic rings. The molecule has 1 unspecified atom stereocenters. The standard InChI is InChI=1S/C15H18F3N3O2S/c1-3-12(22)20(2)8-13(23)21-6-4-5-10(7-21)14-19-11(9-24-14)15(16,17)18/h3,9-10H,1,4-8H2,2H3. The van der Waals surface area contributed by atoms with E-state index in [2.05, 4.69) is 11.6 Å². The summed E-state index contributed by atoms with van der Waals surface area (Å²) in [6.07, 6.45) is -1.94. The summed E-state index contributed by atoms with van der Waals surface area (Å²) in [6.45, 7) is 4.13. The predicted octanol–water partition coefficient (Wildman–Crippen LogP) is 2.51. The Hall–Kier alpha value is -1.90. The van der Waals surface area contributed by atoms with Crippen LogP contribution in [0.15, 0.2) is 18.0 Å². The van der Waals surface area contributed by atoms with Crippen LogP contribution in [0.5, 0.6) is 0 Å². The van der Waals surface area contributed by atoms with Crippen LogP contribution >= 0.6 is 11.3 Å². The van der Waals surface area contributed by atoms with E-state index < -0.39 is 11.9 Å². The van der Waals surface area contributed by atoms with Gasteiger partial charge >= 0.3 is 6.18 Å². The van der Waals surface area contributed by atoms with Crippen molar-refractivity contribution in [2.75, 3.05) is 26.7 Å². The van der Waals surface area contributed by atoms with Gasteiger partial charge in [-0.2, -0.15) is 13.2 Å². The molecule has 0 bridgehead atoms. The minimum absolute atomic E-state index is 0.0801. The van der Waals surface area contributed by atoms with Gasteiger partial charge in [-0.05, 0) is 18.9 Å². The Labute approximate surface area is 141 Å². The second kappa shape index (κ2) is 7.33. The smallest absolute Gasteiger partial charge is 0.340 e. The van der Waals surface area contributed by atoms with Crippen molar-refractivity contribution in [3.05, 3.63) is 28.7 Å². The first-order valence-corrected chi connectivity index (χ1v) is 8.28. The van der Waals surface area contributed by atoms with E-state index in [1.165, 1.54) is 11.9 Å². The molecule has 24 heavy (non-hydrogen) atoms. The Morgan fingerprint density at radius 3 is 2.83 bits per heavy atom. The molecule has 0 spiro atoms. The number of thiazole rings is 1. The van der Waals surface area contributed by atoms with E-state index in [0.717, 1.165) is 22.8 Å². The fraction of sp³-hybridized carbons (Fsp3) is 0.533.